The van der Waals surface area contributed by atoms with Crippen molar-refractivity contribution in [3.63, 3.8) is 0 Å². The van der Waals surface area contributed by atoms with E-state index in [1.165, 1.54) is 22.1 Å². The van der Waals surface area contributed by atoms with Gasteiger partial charge >= 0.3 is 0 Å². The second-order valence-electron chi connectivity index (χ2n) is 6.48. The molecular weight excluding hydrogens is 330 g/mol. The number of hydrogen-bond donors (Lipinski definition) is 2. The van der Waals surface area contributed by atoms with Gasteiger partial charge in [0.15, 0.2) is 6.54 Å². The lowest BCUT2D eigenvalue weighted by Gasteiger charge is -2.23. The topological polar surface area (TPSA) is 76.7 Å². The summed E-state index contributed by atoms with van der Waals surface area (Å²) >= 11 is 0. The molecule has 2 aromatic rings. The first-order chi connectivity index (χ1) is 12.5. The van der Waals surface area contributed by atoms with E-state index in [1.807, 2.05) is 18.2 Å². The molecule has 0 aliphatic carbocycles. The van der Waals surface area contributed by atoms with Crippen molar-refractivity contribution < 1.29 is 14.6 Å². The Morgan fingerprint density at radius 1 is 1.19 bits per heavy atom. The lowest BCUT2D eigenvalue weighted by Crippen LogP contribution is -3.13. The minimum absolute atomic E-state index is 0.0172. The number of nitrogens with one attached hydrogen (secondary N) is 2. The van der Waals surface area contributed by atoms with Crippen LogP contribution in [0.5, 0.6) is 0 Å². The van der Waals surface area contributed by atoms with Gasteiger partial charge in [0, 0.05) is 12.5 Å². The zero-order valence-electron chi connectivity index (χ0n) is 14.7. The largest absolute Gasteiger partial charge is 0.324 e. The molecule has 6 nitrogen and oxygen atoms in total. The second-order valence-corrected chi connectivity index (χ2v) is 6.48. The Morgan fingerprint density at radius 3 is 2.62 bits per heavy atom. The monoisotopic (exact) mass is 352 g/mol. The molecule has 3 rings (SSSR count). The van der Waals surface area contributed by atoms with Gasteiger partial charge in [0.2, 0.25) is 0 Å². The molecule has 0 aromatic heterocycles. The van der Waals surface area contributed by atoms with E-state index >= 15 is 0 Å². The minimum Gasteiger partial charge on any atom is -0.324 e. The molecule has 1 aliphatic rings. The van der Waals surface area contributed by atoms with Crippen molar-refractivity contribution in [1.29, 1.82) is 0 Å². The van der Waals surface area contributed by atoms with E-state index in [-0.39, 0.29) is 11.6 Å². The Labute approximate surface area is 152 Å². The molecule has 1 unspecified atom stereocenters. The van der Waals surface area contributed by atoms with Crippen LogP contribution in [-0.2, 0) is 4.79 Å². The van der Waals surface area contributed by atoms with Gasteiger partial charge in [0.1, 0.15) is 0 Å². The van der Waals surface area contributed by atoms with Crippen LogP contribution in [0.25, 0.3) is 5.57 Å². The molecule has 1 atom stereocenters. The Kier molecular flexibility index (Phi) is 5.43. The molecule has 26 heavy (non-hydrogen) atoms. The SMILES string of the molecule is Cc1c(NC(=O)C[NH+]2CC=C(c3ccccc3)CC2)cccc1[N+](=O)[O-]. The zero-order valence-corrected chi connectivity index (χ0v) is 14.7. The fraction of sp³-hybridized carbons (Fsp3) is 0.250. The number of anilines is 1. The van der Waals surface area contributed by atoms with Crippen molar-refractivity contribution in [1.82, 2.24) is 0 Å². The average Bonchev–Trinajstić information content (AvgIpc) is 2.64. The van der Waals surface area contributed by atoms with E-state index in [1.54, 1.807) is 19.1 Å². The summed E-state index contributed by atoms with van der Waals surface area (Å²) in [6.07, 6.45) is 3.13. The molecule has 0 bridgehead atoms. The van der Waals surface area contributed by atoms with Crippen LogP contribution in [0.4, 0.5) is 11.4 Å². The number of carbonyl (C=O) groups is 1. The van der Waals surface area contributed by atoms with Gasteiger partial charge in [-0.3, -0.25) is 14.9 Å². The third-order valence-electron chi connectivity index (χ3n) is 4.72. The van der Waals surface area contributed by atoms with Crippen molar-refractivity contribution in [2.45, 2.75) is 13.3 Å². The predicted molar refractivity (Wildman–Crippen MR) is 101 cm³/mol. The highest BCUT2D eigenvalue weighted by atomic mass is 16.6. The van der Waals surface area contributed by atoms with Gasteiger partial charge in [-0.25, -0.2) is 0 Å². The number of nitrogens with zero attached hydrogens (tertiary/aromatic N) is 1. The maximum atomic E-state index is 12.3. The summed E-state index contributed by atoms with van der Waals surface area (Å²) < 4.78 is 0. The first-order valence-electron chi connectivity index (χ1n) is 8.66. The number of carbonyl (C=O) groups excluding carboxylic acids is 1. The summed E-state index contributed by atoms with van der Waals surface area (Å²) in [6.45, 7) is 3.69. The molecule has 0 saturated heterocycles. The number of hydrogen-bond acceptors (Lipinski definition) is 3. The Balaban J connectivity index is 1.59. The number of rotatable bonds is 5. The zero-order chi connectivity index (χ0) is 18.5. The van der Waals surface area contributed by atoms with Gasteiger partial charge in [-0.15, -0.1) is 0 Å². The van der Waals surface area contributed by atoms with Crippen molar-refractivity contribution >= 4 is 22.9 Å². The number of quaternary nitrogens is 1. The number of benzene rings is 2. The summed E-state index contributed by atoms with van der Waals surface area (Å²) in [7, 11) is 0. The number of nitro groups is 1. The van der Waals surface area contributed by atoms with Crippen molar-refractivity contribution in [3.8, 4) is 0 Å². The minimum atomic E-state index is -0.434. The van der Waals surface area contributed by atoms with E-state index in [0.717, 1.165) is 19.5 Å². The Bertz CT molecular complexity index is 847. The molecule has 6 heteroatoms. The molecule has 134 valence electrons. The lowest BCUT2D eigenvalue weighted by atomic mass is 10.00. The van der Waals surface area contributed by atoms with E-state index in [4.69, 9.17) is 0 Å². The highest BCUT2D eigenvalue weighted by molar-refractivity contribution is 5.92. The second kappa shape index (κ2) is 7.93. The molecule has 1 heterocycles. The molecule has 2 aromatic carbocycles. The fourth-order valence-corrected chi connectivity index (χ4v) is 3.24. The van der Waals surface area contributed by atoms with Crippen molar-refractivity contribution in [3.05, 3.63) is 75.8 Å². The van der Waals surface area contributed by atoms with Gasteiger partial charge in [-0.05, 0) is 30.2 Å². The smallest absolute Gasteiger partial charge is 0.279 e. The van der Waals surface area contributed by atoms with Crippen LogP contribution in [0.1, 0.15) is 17.5 Å². The number of amides is 1. The molecule has 0 saturated carbocycles. The Morgan fingerprint density at radius 2 is 1.96 bits per heavy atom. The highest BCUT2D eigenvalue weighted by Crippen LogP contribution is 2.24. The van der Waals surface area contributed by atoms with Gasteiger partial charge in [0.05, 0.1) is 29.3 Å². The normalized spacial score (nSPS) is 16.7. The average molecular weight is 352 g/mol. The molecule has 2 N–H and O–H groups in total. The quantitative estimate of drug-likeness (QED) is 0.640. The van der Waals surface area contributed by atoms with E-state index in [0.29, 0.717) is 17.8 Å². The van der Waals surface area contributed by atoms with E-state index in [2.05, 4.69) is 23.5 Å². The van der Waals surface area contributed by atoms with Gasteiger partial charge < -0.3 is 10.2 Å². The van der Waals surface area contributed by atoms with E-state index in [9.17, 15) is 14.9 Å². The standard InChI is InChI=1S/C20H21N3O3/c1-15-18(8-5-9-19(15)23(25)26)21-20(24)14-22-12-10-17(11-13-22)16-6-3-2-4-7-16/h2-10H,11-14H2,1H3,(H,21,24)/p+1. The van der Waals surface area contributed by atoms with Gasteiger partial charge in [-0.2, -0.15) is 0 Å². The van der Waals surface area contributed by atoms with Crippen LogP contribution < -0.4 is 10.2 Å². The first-order valence-corrected chi connectivity index (χ1v) is 8.66. The summed E-state index contributed by atoms with van der Waals surface area (Å²) in [6, 6.07) is 15.0. The third kappa shape index (κ3) is 4.15. The maximum Gasteiger partial charge on any atom is 0.279 e. The molecule has 0 radical (unpaired) electrons. The summed E-state index contributed by atoms with van der Waals surface area (Å²) in [5, 5.41) is 13.8. The lowest BCUT2D eigenvalue weighted by molar-refractivity contribution is -0.886. The van der Waals surface area contributed by atoms with Crippen LogP contribution in [-0.4, -0.2) is 30.5 Å². The predicted octanol–water partition coefficient (Wildman–Crippen LogP) is 2.21. The number of nitro benzene ring substituents is 1. The molecule has 1 aliphatic heterocycles. The van der Waals surface area contributed by atoms with Crippen LogP contribution in [0.2, 0.25) is 0 Å². The Hall–Kier alpha value is -2.99. The molecular formula is C20H22N3O3+. The van der Waals surface area contributed by atoms with Crippen LogP contribution in [0, 0.1) is 17.0 Å². The fourth-order valence-electron chi connectivity index (χ4n) is 3.24. The van der Waals surface area contributed by atoms with Crippen molar-refractivity contribution in [2.24, 2.45) is 0 Å². The van der Waals surface area contributed by atoms with Gasteiger partial charge in [0.25, 0.3) is 11.6 Å². The summed E-state index contributed by atoms with van der Waals surface area (Å²) in [5.41, 5.74) is 3.56. The summed E-state index contributed by atoms with van der Waals surface area (Å²) in [4.78, 5) is 24.1. The van der Waals surface area contributed by atoms with E-state index < -0.39 is 4.92 Å². The molecule has 0 spiro atoms. The molecule has 1 amide bonds. The molecule has 0 fully saturated rings. The maximum absolute atomic E-state index is 12.3. The van der Waals surface area contributed by atoms with Crippen LogP contribution in [0.15, 0.2) is 54.6 Å². The highest BCUT2D eigenvalue weighted by Gasteiger charge is 2.20. The van der Waals surface area contributed by atoms with Gasteiger partial charge in [-0.1, -0.05) is 36.4 Å². The van der Waals surface area contributed by atoms with Crippen LogP contribution >= 0.6 is 0 Å². The summed E-state index contributed by atoms with van der Waals surface area (Å²) in [5.74, 6) is -0.125. The van der Waals surface area contributed by atoms with Crippen LogP contribution in [0.3, 0.4) is 0 Å². The third-order valence-corrected chi connectivity index (χ3v) is 4.72. The van der Waals surface area contributed by atoms with Crippen molar-refractivity contribution in [2.75, 3.05) is 25.0 Å². The first kappa shape index (κ1) is 17.8.